The summed E-state index contributed by atoms with van der Waals surface area (Å²) >= 11 is 6.52. The van der Waals surface area contributed by atoms with Gasteiger partial charge in [-0.25, -0.2) is 4.79 Å². The summed E-state index contributed by atoms with van der Waals surface area (Å²) in [5.41, 5.74) is 2.86. The number of ether oxygens (including phenoxy) is 1. The summed E-state index contributed by atoms with van der Waals surface area (Å²) in [6.45, 7) is 4.93. The Morgan fingerprint density at radius 3 is 2.30 bits per heavy atom. The highest BCUT2D eigenvalue weighted by molar-refractivity contribution is 6.33. The molecule has 7 heteroatoms. The average Bonchev–Trinajstić information content (AvgIpc) is 2.80. The highest BCUT2D eigenvalue weighted by Gasteiger charge is 2.23. The molecule has 4 rings (SSSR count). The third kappa shape index (κ3) is 4.59. The van der Waals surface area contributed by atoms with E-state index in [0.717, 1.165) is 49.0 Å². The van der Waals surface area contributed by atoms with Gasteiger partial charge in [0.1, 0.15) is 5.75 Å². The van der Waals surface area contributed by atoms with Gasteiger partial charge in [0.15, 0.2) is 0 Å². The molecule has 1 N–H and O–H groups in total. The molecule has 30 heavy (non-hydrogen) atoms. The number of anilines is 3. The molecule has 2 aromatic rings. The number of halogens is 1. The zero-order valence-corrected chi connectivity index (χ0v) is 18.2. The molecule has 0 bridgehead atoms. The molecule has 0 aliphatic carbocycles. The zero-order valence-electron chi connectivity index (χ0n) is 17.4. The van der Waals surface area contributed by atoms with Crippen molar-refractivity contribution in [3.05, 3.63) is 47.5 Å². The monoisotopic (exact) mass is 428 g/mol. The van der Waals surface area contributed by atoms with Crippen molar-refractivity contribution in [2.75, 3.05) is 61.5 Å². The van der Waals surface area contributed by atoms with Gasteiger partial charge in [-0.3, -0.25) is 0 Å². The van der Waals surface area contributed by atoms with Crippen molar-refractivity contribution >= 4 is 34.7 Å². The molecule has 2 aliphatic heterocycles. The van der Waals surface area contributed by atoms with Gasteiger partial charge in [-0.15, -0.1) is 0 Å². The predicted octanol–water partition coefficient (Wildman–Crippen LogP) is 4.69. The summed E-state index contributed by atoms with van der Waals surface area (Å²) in [7, 11) is 1.68. The first-order chi connectivity index (χ1) is 14.7. The van der Waals surface area contributed by atoms with E-state index < -0.39 is 0 Å². The SMILES string of the molecule is COc1ccccc1N1CCN(C(=O)Nc2ccc(N3CCCCC3)c(Cl)c2)CC1. The van der Waals surface area contributed by atoms with Crippen molar-refractivity contribution in [2.45, 2.75) is 19.3 Å². The molecule has 0 unspecified atom stereocenters. The number of carbonyl (C=O) groups is 1. The van der Waals surface area contributed by atoms with Crippen molar-refractivity contribution < 1.29 is 9.53 Å². The molecular formula is C23H29ClN4O2. The van der Waals surface area contributed by atoms with E-state index in [1.807, 2.05) is 41.3 Å². The number of hydrogen-bond donors (Lipinski definition) is 1. The van der Waals surface area contributed by atoms with Gasteiger partial charge in [0.05, 0.1) is 23.5 Å². The van der Waals surface area contributed by atoms with Crippen LogP contribution in [0.3, 0.4) is 0 Å². The minimum Gasteiger partial charge on any atom is -0.495 e. The number of nitrogens with zero attached hydrogens (tertiary/aromatic N) is 3. The van der Waals surface area contributed by atoms with E-state index >= 15 is 0 Å². The van der Waals surface area contributed by atoms with Crippen LogP contribution < -0.4 is 19.9 Å². The van der Waals surface area contributed by atoms with E-state index in [0.29, 0.717) is 18.1 Å². The molecule has 2 aliphatic rings. The Balaban J connectivity index is 1.34. The minimum atomic E-state index is -0.0866. The Bertz CT molecular complexity index is 877. The molecule has 0 aromatic heterocycles. The topological polar surface area (TPSA) is 48.1 Å². The average molecular weight is 429 g/mol. The smallest absolute Gasteiger partial charge is 0.321 e. The number of nitrogens with one attached hydrogen (secondary N) is 1. The van der Waals surface area contributed by atoms with Gasteiger partial charge in [0, 0.05) is 45.0 Å². The van der Waals surface area contributed by atoms with E-state index in [1.54, 1.807) is 7.11 Å². The number of hydrogen-bond acceptors (Lipinski definition) is 4. The third-order valence-corrected chi connectivity index (χ3v) is 6.19. The molecule has 2 amide bonds. The molecule has 2 aromatic carbocycles. The lowest BCUT2D eigenvalue weighted by Gasteiger charge is -2.36. The molecule has 2 heterocycles. The largest absolute Gasteiger partial charge is 0.495 e. The predicted molar refractivity (Wildman–Crippen MR) is 123 cm³/mol. The molecule has 6 nitrogen and oxygen atoms in total. The van der Waals surface area contributed by atoms with Crippen molar-refractivity contribution in [1.29, 1.82) is 0 Å². The summed E-state index contributed by atoms with van der Waals surface area (Å²) in [6.07, 6.45) is 3.69. The van der Waals surface area contributed by atoms with Crippen molar-refractivity contribution in [2.24, 2.45) is 0 Å². The number of methoxy groups -OCH3 is 1. The lowest BCUT2D eigenvalue weighted by Crippen LogP contribution is -2.50. The Morgan fingerprint density at radius 2 is 1.60 bits per heavy atom. The van der Waals surface area contributed by atoms with E-state index in [-0.39, 0.29) is 6.03 Å². The lowest BCUT2D eigenvalue weighted by atomic mass is 10.1. The molecule has 160 valence electrons. The van der Waals surface area contributed by atoms with Gasteiger partial charge >= 0.3 is 6.03 Å². The van der Waals surface area contributed by atoms with Gasteiger partial charge in [-0.05, 0) is 49.6 Å². The standard InChI is InChI=1S/C23H29ClN4O2/c1-30-22-8-4-3-7-21(22)27-13-15-28(16-14-27)23(29)25-18-9-10-20(19(24)17-18)26-11-5-2-6-12-26/h3-4,7-10,17H,2,5-6,11-16H2,1H3,(H,25,29). The fraction of sp³-hybridized carbons (Fsp3) is 0.435. The van der Waals surface area contributed by atoms with Gasteiger partial charge in [0.2, 0.25) is 0 Å². The van der Waals surface area contributed by atoms with Crippen LogP contribution in [-0.4, -0.2) is 57.3 Å². The summed E-state index contributed by atoms with van der Waals surface area (Å²) in [4.78, 5) is 19.2. The second kappa shape index (κ2) is 9.47. The highest BCUT2D eigenvalue weighted by Crippen LogP contribution is 2.31. The third-order valence-electron chi connectivity index (χ3n) is 5.89. The van der Waals surface area contributed by atoms with Crippen LogP contribution in [0.4, 0.5) is 21.9 Å². The zero-order chi connectivity index (χ0) is 20.9. The molecule has 0 atom stereocenters. The summed E-state index contributed by atoms with van der Waals surface area (Å²) < 4.78 is 5.47. The van der Waals surface area contributed by atoms with E-state index in [9.17, 15) is 4.79 Å². The van der Waals surface area contributed by atoms with Gasteiger partial charge < -0.3 is 24.8 Å². The number of rotatable bonds is 4. The molecule has 2 fully saturated rings. The van der Waals surface area contributed by atoms with E-state index in [1.165, 1.54) is 19.3 Å². The number of para-hydroxylation sites is 2. The minimum absolute atomic E-state index is 0.0866. The number of piperazine rings is 1. The van der Waals surface area contributed by atoms with Crippen LogP contribution in [-0.2, 0) is 0 Å². The fourth-order valence-electron chi connectivity index (χ4n) is 4.22. The van der Waals surface area contributed by atoms with Crippen molar-refractivity contribution in [3.8, 4) is 5.75 Å². The first-order valence-corrected chi connectivity index (χ1v) is 11.0. The highest BCUT2D eigenvalue weighted by atomic mass is 35.5. The number of carbonyl (C=O) groups excluding carboxylic acids is 1. The maximum Gasteiger partial charge on any atom is 0.321 e. The Labute approximate surface area is 183 Å². The number of urea groups is 1. The van der Waals surface area contributed by atoms with Gasteiger partial charge in [-0.1, -0.05) is 23.7 Å². The maximum absolute atomic E-state index is 12.7. The molecule has 0 saturated carbocycles. The summed E-state index contributed by atoms with van der Waals surface area (Å²) in [5, 5.41) is 3.69. The number of amides is 2. The first-order valence-electron chi connectivity index (χ1n) is 10.6. The van der Waals surface area contributed by atoms with Crippen LogP contribution in [0.2, 0.25) is 5.02 Å². The summed E-state index contributed by atoms with van der Waals surface area (Å²) in [6, 6.07) is 13.7. The van der Waals surface area contributed by atoms with Crippen LogP contribution >= 0.6 is 11.6 Å². The molecular weight excluding hydrogens is 400 g/mol. The van der Waals surface area contributed by atoms with Crippen LogP contribution in [0.15, 0.2) is 42.5 Å². The van der Waals surface area contributed by atoms with Crippen LogP contribution in [0.5, 0.6) is 5.75 Å². The first kappa shape index (κ1) is 20.7. The number of piperidine rings is 1. The van der Waals surface area contributed by atoms with E-state index in [2.05, 4.69) is 21.2 Å². The molecule has 0 spiro atoms. The Kier molecular flexibility index (Phi) is 6.53. The van der Waals surface area contributed by atoms with Gasteiger partial charge in [0.25, 0.3) is 0 Å². The fourth-order valence-corrected chi connectivity index (χ4v) is 4.52. The summed E-state index contributed by atoms with van der Waals surface area (Å²) in [5.74, 6) is 0.860. The quantitative estimate of drug-likeness (QED) is 0.767. The molecule has 0 radical (unpaired) electrons. The van der Waals surface area contributed by atoms with Crippen molar-refractivity contribution in [1.82, 2.24) is 4.90 Å². The molecule has 2 saturated heterocycles. The van der Waals surface area contributed by atoms with Crippen molar-refractivity contribution in [3.63, 3.8) is 0 Å². The Morgan fingerprint density at radius 1 is 0.900 bits per heavy atom. The normalized spacial score (nSPS) is 17.1. The van der Waals surface area contributed by atoms with Crippen LogP contribution in [0, 0.1) is 0 Å². The second-order valence-corrected chi connectivity index (χ2v) is 8.20. The lowest BCUT2D eigenvalue weighted by molar-refractivity contribution is 0.208. The maximum atomic E-state index is 12.7. The second-order valence-electron chi connectivity index (χ2n) is 7.79. The Hall–Kier alpha value is -2.60. The van der Waals surface area contributed by atoms with Crippen LogP contribution in [0.1, 0.15) is 19.3 Å². The van der Waals surface area contributed by atoms with Gasteiger partial charge in [-0.2, -0.15) is 0 Å². The number of benzene rings is 2. The van der Waals surface area contributed by atoms with Crippen LogP contribution in [0.25, 0.3) is 0 Å². The van der Waals surface area contributed by atoms with E-state index in [4.69, 9.17) is 16.3 Å².